The van der Waals surface area contributed by atoms with Gasteiger partial charge in [-0.15, -0.1) is 0 Å². The Labute approximate surface area is 168 Å². The Morgan fingerprint density at radius 1 is 1.28 bits per heavy atom. The first-order valence-corrected chi connectivity index (χ1v) is 9.86. The van der Waals surface area contributed by atoms with Gasteiger partial charge in [-0.05, 0) is 55.9 Å². The highest BCUT2D eigenvalue weighted by molar-refractivity contribution is 5.95. The SMILES string of the molecule is Cc1ccc(NC(=O)C2C3CCC2(c2ccn(C)n2)C3)cc1-c1ncc(F)cn1. The molecule has 3 saturated carbocycles. The first-order valence-electron chi connectivity index (χ1n) is 9.86. The number of halogens is 1. The van der Waals surface area contributed by atoms with E-state index in [-0.39, 0.29) is 17.2 Å². The van der Waals surface area contributed by atoms with E-state index in [1.165, 1.54) is 0 Å². The summed E-state index contributed by atoms with van der Waals surface area (Å²) in [7, 11) is 1.91. The van der Waals surface area contributed by atoms with Crippen LogP contribution in [0.3, 0.4) is 0 Å². The van der Waals surface area contributed by atoms with Crippen molar-refractivity contribution in [1.29, 1.82) is 0 Å². The molecule has 29 heavy (non-hydrogen) atoms. The van der Waals surface area contributed by atoms with Gasteiger partial charge in [0, 0.05) is 29.9 Å². The Balaban J connectivity index is 1.40. The van der Waals surface area contributed by atoms with Crippen LogP contribution in [0.2, 0.25) is 0 Å². The molecule has 6 rings (SSSR count). The van der Waals surface area contributed by atoms with Gasteiger partial charge in [0.1, 0.15) is 0 Å². The number of hydrogen-bond acceptors (Lipinski definition) is 4. The molecule has 1 amide bonds. The number of benzene rings is 1. The molecule has 3 aliphatic carbocycles. The summed E-state index contributed by atoms with van der Waals surface area (Å²) in [4.78, 5) is 21.3. The third-order valence-corrected chi connectivity index (χ3v) is 6.53. The molecule has 2 aromatic heterocycles. The first kappa shape index (κ1) is 18.0. The maximum Gasteiger partial charge on any atom is 0.228 e. The molecule has 3 unspecified atom stereocenters. The van der Waals surface area contributed by atoms with Crippen LogP contribution < -0.4 is 5.32 Å². The lowest BCUT2D eigenvalue weighted by Gasteiger charge is -2.45. The third-order valence-electron chi connectivity index (χ3n) is 6.53. The fourth-order valence-corrected chi connectivity index (χ4v) is 5.12. The summed E-state index contributed by atoms with van der Waals surface area (Å²) in [5.41, 5.74) is 3.33. The zero-order valence-electron chi connectivity index (χ0n) is 16.4. The predicted octanol–water partition coefficient (Wildman–Crippen LogP) is 3.63. The van der Waals surface area contributed by atoms with Gasteiger partial charge in [-0.25, -0.2) is 14.4 Å². The molecule has 7 heteroatoms. The minimum atomic E-state index is -0.476. The Morgan fingerprint density at radius 3 is 2.76 bits per heavy atom. The Hall–Kier alpha value is -3.09. The minimum absolute atomic E-state index is 0.0410. The highest BCUT2D eigenvalue weighted by Gasteiger charge is 2.63. The van der Waals surface area contributed by atoms with E-state index < -0.39 is 5.82 Å². The van der Waals surface area contributed by atoms with Gasteiger partial charge < -0.3 is 5.32 Å². The number of aryl methyl sites for hydroxylation is 2. The molecule has 0 saturated heterocycles. The average Bonchev–Trinajstić information content (AvgIpc) is 3.39. The van der Waals surface area contributed by atoms with E-state index in [1.807, 2.05) is 44.4 Å². The van der Waals surface area contributed by atoms with Gasteiger partial charge in [0.25, 0.3) is 0 Å². The van der Waals surface area contributed by atoms with E-state index in [2.05, 4.69) is 20.4 Å². The van der Waals surface area contributed by atoms with Crippen molar-refractivity contribution in [3.05, 3.63) is 59.9 Å². The number of carbonyl (C=O) groups is 1. The third kappa shape index (κ3) is 2.84. The van der Waals surface area contributed by atoms with Crippen molar-refractivity contribution < 1.29 is 9.18 Å². The van der Waals surface area contributed by atoms with Crippen molar-refractivity contribution in [2.24, 2.45) is 18.9 Å². The van der Waals surface area contributed by atoms with Crippen molar-refractivity contribution in [2.75, 3.05) is 5.32 Å². The molecule has 3 aliphatic rings. The quantitative estimate of drug-likeness (QED) is 0.737. The zero-order valence-corrected chi connectivity index (χ0v) is 16.4. The van der Waals surface area contributed by atoms with Gasteiger partial charge in [0.15, 0.2) is 11.6 Å². The van der Waals surface area contributed by atoms with Crippen molar-refractivity contribution in [2.45, 2.75) is 31.6 Å². The Kier molecular flexibility index (Phi) is 4.01. The predicted molar refractivity (Wildman–Crippen MR) is 107 cm³/mol. The maximum atomic E-state index is 13.2. The lowest BCUT2D eigenvalue weighted by molar-refractivity contribution is -0.127. The van der Waals surface area contributed by atoms with E-state index in [9.17, 15) is 9.18 Å². The largest absolute Gasteiger partial charge is 0.326 e. The van der Waals surface area contributed by atoms with E-state index in [0.29, 0.717) is 17.4 Å². The van der Waals surface area contributed by atoms with Crippen LogP contribution in [0.5, 0.6) is 0 Å². The number of fused-ring (bicyclic) bond motifs is 1. The van der Waals surface area contributed by atoms with Crippen LogP contribution >= 0.6 is 0 Å². The first-order chi connectivity index (χ1) is 14.0. The van der Waals surface area contributed by atoms with Crippen LogP contribution in [0.1, 0.15) is 30.5 Å². The van der Waals surface area contributed by atoms with Crippen LogP contribution in [0.25, 0.3) is 11.4 Å². The number of nitrogens with zero attached hydrogens (tertiary/aromatic N) is 4. The number of anilines is 1. The summed E-state index contributed by atoms with van der Waals surface area (Å²) >= 11 is 0. The van der Waals surface area contributed by atoms with Gasteiger partial charge >= 0.3 is 0 Å². The van der Waals surface area contributed by atoms with Gasteiger partial charge in [-0.2, -0.15) is 5.10 Å². The van der Waals surface area contributed by atoms with Gasteiger partial charge in [0.2, 0.25) is 5.91 Å². The summed E-state index contributed by atoms with van der Waals surface area (Å²) in [6.07, 6.45) is 7.35. The van der Waals surface area contributed by atoms with Crippen molar-refractivity contribution >= 4 is 11.6 Å². The lowest BCUT2D eigenvalue weighted by Crippen LogP contribution is -2.50. The molecule has 0 aliphatic heterocycles. The van der Waals surface area contributed by atoms with Crippen LogP contribution in [-0.2, 0) is 17.3 Å². The lowest BCUT2D eigenvalue weighted by atomic mass is 9.58. The second-order valence-electron chi connectivity index (χ2n) is 8.26. The highest BCUT2D eigenvalue weighted by Crippen LogP contribution is 2.63. The van der Waals surface area contributed by atoms with Crippen LogP contribution in [-0.4, -0.2) is 25.7 Å². The minimum Gasteiger partial charge on any atom is -0.326 e. The molecule has 1 N–H and O–H groups in total. The monoisotopic (exact) mass is 391 g/mol. The molecule has 2 heterocycles. The Bertz CT molecular complexity index is 1090. The van der Waals surface area contributed by atoms with Crippen molar-refractivity contribution in [3.63, 3.8) is 0 Å². The number of amides is 1. The van der Waals surface area contributed by atoms with Crippen LogP contribution in [0, 0.1) is 24.6 Å². The normalized spacial score (nSPS) is 24.9. The molecule has 3 aromatic rings. The summed E-state index contributed by atoms with van der Waals surface area (Å²) in [5, 5.41) is 7.70. The van der Waals surface area contributed by atoms with E-state index in [1.54, 1.807) is 4.68 Å². The number of hydrogen-bond donors (Lipinski definition) is 1. The second-order valence-corrected chi connectivity index (χ2v) is 8.26. The van der Waals surface area contributed by atoms with Crippen molar-refractivity contribution in [1.82, 2.24) is 19.7 Å². The summed E-state index contributed by atoms with van der Waals surface area (Å²) in [6.45, 7) is 1.94. The number of carbonyl (C=O) groups excluding carboxylic acids is 1. The fraction of sp³-hybridized carbons (Fsp3) is 0.364. The fourth-order valence-electron chi connectivity index (χ4n) is 5.12. The molecule has 0 spiro atoms. The summed E-state index contributed by atoms with van der Waals surface area (Å²) < 4.78 is 15.0. The average molecular weight is 391 g/mol. The zero-order chi connectivity index (χ0) is 20.2. The van der Waals surface area contributed by atoms with Crippen LogP contribution in [0.15, 0.2) is 42.9 Å². The molecule has 3 fully saturated rings. The molecular formula is C22H22FN5O. The van der Waals surface area contributed by atoms with Gasteiger partial charge in [-0.1, -0.05) is 6.07 Å². The highest BCUT2D eigenvalue weighted by atomic mass is 19.1. The molecular weight excluding hydrogens is 369 g/mol. The number of nitrogens with one attached hydrogen (secondary N) is 1. The maximum absolute atomic E-state index is 13.2. The van der Waals surface area contributed by atoms with E-state index in [4.69, 9.17) is 0 Å². The van der Waals surface area contributed by atoms with Gasteiger partial charge in [-0.3, -0.25) is 9.48 Å². The molecule has 0 radical (unpaired) electrons. The molecule has 2 bridgehead atoms. The molecule has 148 valence electrons. The van der Waals surface area contributed by atoms with Crippen LogP contribution in [0.4, 0.5) is 10.1 Å². The summed E-state index contributed by atoms with van der Waals surface area (Å²) in [6, 6.07) is 7.70. The number of aromatic nitrogens is 4. The molecule has 3 atom stereocenters. The number of rotatable bonds is 4. The molecule has 1 aromatic carbocycles. The van der Waals surface area contributed by atoms with E-state index in [0.717, 1.165) is 48.5 Å². The topological polar surface area (TPSA) is 72.7 Å². The van der Waals surface area contributed by atoms with E-state index >= 15 is 0 Å². The smallest absolute Gasteiger partial charge is 0.228 e. The Morgan fingerprint density at radius 2 is 2.07 bits per heavy atom. The molecule has 6 nitrogen and oxygen atoms in total. The standard InChI is InChI=1S/C22H22FN5O/c1-13-3-4-16(9-17(13)20-24-11-15(23)12-25-20)26-21(29)19-14-5-7-22(19,10-14)18-6-8-28(2)27-18/h3-4,6,8-9,11-12,14,19H,5,7,10H2,1-2H3,(H,26,29). The van der Waals surface area contributed by atoms with Crippen molar-refractivity contribution in [3.8, 4) is 11.4 Å². The van der Waals surface area contributed by atoms with Gasteiger partial charge in [0.05, 0.1) is 24.0 Å². The second kappa shape index (κ2) is 6.47. The summed E-state index contributed by atoms with van der Waals surface area (Å²) in [5.74, 6) is 0.371.